The molecule has 2 unspecified atom stereocenters. The molecule has 4 aliphatic heterocycles. The number of carbonyl (C=O) groups excluding carboxylic acids is 2. The van der Waals surface area contributed by atoms with Gasteiger partial charge in [0.05, 0.1) is 18.2 Å². The van der Waals surface area contributed by atoms with Crippen molar-refractivity contribution in [2.75, 3.05) is 19.7 Å². The number of carbonyl (C=O) groups is 2. The predicted octanol–water partition coefficient (Wildman–Crippen LogP) is -3.50. The largest absolute Gasteiger partial charge is 0.492 e. The molecule has 0 aliphatic carbocycles. The third kappa shape index (κ3) is 3.97. The van der Waals surface area contributed by atoms with Crippen LogP contribution in [-0.2, 0) is 5.41 Å². The van der Waals surface area contributed by atoms with E-state index in [0.29, 0.717) is 17.9 Å². The van der Waals surface area contributed by atoms with E-state index >= 15 is 0 Å². The Morgan fingerprint density at radius 2 is 2.08 bits per heavy atom. The maximum atomic E-state index is 13.5. The zero-order valence-electron chi connectivity index (χ0n) is 22.2. The van der Waals surface area contributed by atoms with E-state index in [2.05, 4.69) is 50.0 Å². The quantitative estimate of drug-likeness (QED) is 0.196. The second kappa shape index (κ2) is 9.33. The molecule has 6 rings (SSSR count). The lowest BCUT2D eigenvalue weighted by molar-refractivity contribution is -0.513. The summed E-state index contributed by atoms with van der Waals surface area (Å²) < 4.78 is 5.93. The summed E-state index contributed by atoms with van der Waals surface area (Å²) in [6.45, 7) is 5.04. The summed E-state index contributed by atoms with van der Waals surface area (Å²) in [6.07, 6.45) is 1.19. The minimum atomic E-state index is -1.20. The van der Waals surface area contributed by atoms with E-state index in [1.165, 1.54) is 6.20 Å². The van der Waals surface area contributed by atoms with E-state index in [0.717, 1.165) is 12.0 Å². The molecule has 210 valence electrons. The highest BCUT2D eigenvalue weighted by Gasteiger charge is 2.68. The second-order valence-corrected chi connectivity index (χ2v) is 11.2. The summed E-state index contributed by atoms with van der Waals surface area (Å²) in [5, 5.41) is 28.2. The molecule has 5 atom stereocenters. The Bertz CT molecular complexity index is 1410. The minimum absolute atomic E-state index is 0.0886. The van der Waals surface area contributed by atoms with E-state index in [4.69, 9.17) is 16.2 Å². The third-order valence-corrected chi connectivity index (χ3v) is 8.29. The summed E-state index contributed by atoms with van der Waals surface area (Å²) in [5.41, 5.74) is 12.8. The first kappa shape index (κ1) is 25.8. The van der Waals surface area contributed by atoms with Crippen LogP contribution in [0.25, 0.3) is 0 Å². The molecule has 4 aliphatic rings. The monoisotopic (exact) mass is 549 g/mol. The molecule has 14 nitrogen and oxygen atoms in total. The smallest absolute Gasteiger partial charge is 0.343 e. The maximum absolute atomic E-state index is 13.5. The topological polar surface area (TPSA) is 207 Å². The number of aliphatic hydroxyl groups is 1. The molecule has 9 N–H and O–H groups in total. The van der Waals surface area contributed by atoms with Gasteiger partial charge in [0.15, 0.2) is 17.7 Å². The number of rotatable bonds is 5. The zero-order valence-corrected chi connectivity index (χ0v) is 22.2. The van der Waals surface area contributed by atoms with E-state index < -0.39 is 35.8 Å². The lowest BCUT2D eigenvalue weighted by atomic mass is 9.79. The summed E-state index contributed by atoms with van der Waals surface area (Å²) in [6, 6.07) is 6.82. The number of hydrogen-bond acceptors (Lipinski definition) is 11. The van der Waals surface area contributed by atoms with Gasteiger partial charge in [-0.3, -0.25) is 20.3 Å². The number of nitrogens with two attached hydrogens (primary N) is 2. The molecule has 1 spiro atoms. The Kier molecular flexibility index (Phi) is 6.02. The van der Waals surface area contributed by atoms with E-state index in [-0.39, 0.29) is 42.0 Å². The molecule has 2 aromatic rings. The molecule has 0 saturated carbocycles. The molecule has 1 fully saturated rings. The third-order valence-electron chi connectivity index (χ3n) is 8.29. The van der Waals surface area contributed by atoms with Gasteiger partial charge in [0.1, 0.15) is 17.9 Å². The average Bonchev–Trinajstić information content (AvgIpc) is 3.43. The molecule has 1 saturated heterocycles. The van der Waals surface area contributed by atoms with Crippen LogP contribution < -0.4 is 37.1 Å². The molecule has 1 aromatic carbocycles. The van der Waals surface area contributed by atoms with Gasteiger partial charge < -0.3 is 31.1 Å². The SMILES string of the molecule is CC1(C)CCOc2c(C(=O)NC3CN4C(N)=N[C@@H](CNC(=O)c5cccnn5)[C@@H]5[NH+]=C(N)NC54[C@@H]3O)cccc21. The van der Waals surface area contributed by atoms with Crippen molar-refractivity contribution in [3.05, 3.63) is 53.3 Å². The molecule has 40 heavy (non-hydrogen) atoms. The Balaban J connectivity index is 1.23. The molecule has 14 heteroatoms. The summed E-state index contributed by atoms with van der Waals surface area (Å²) >= 11 is 0. The number of aromatic nitrogens is 2. The Labute approximate surface area is 230 Å². The fraction of sp³-hybridized carbons (Fsp3) is 0.462. The number of benzene rings is 1. The Morgan fingerprint density at radius 1 is 1.25 bits per heavy atom. The van der Waals surface area contributed by atoms with Crippen molar-refractivity contribution >= 4 is 23.7 Å². The van der Waals surface area contributed by atoms with Crippen LogP contribution >= 0.6 is 0 Å². The van der Waals surface area contributed by atoms with Gasteiger partial charge in [-0.15, -0.1) is 5.10 Å². The van der Waals surface area contributed by atoms with Gasteiger partial charge in [-0.25, -0.2) is 10.3 Å². The molecular formula is C26H33N10O4+. The van der Waals surface area contributed by atoms with Gasteiger partial charge in [-0.05, 0) is 30.0 Å². The number of aliphatic imine (C=N–C) groups is 1. The molecule has 0 bridgehead atoms. The van der Waals surface area contributed by atoms with Crippen LogP contribution in [0.5, 0.6) is 5.75 Å². The van der Waals surface area contributed by atoms with Crippen LogP contribution in [-0.4, -0.2) is 93.5 Å². The Hall–Kier alpha value is -4.46. The normalized spacial score (nSPS) is 29.5. The van der Waals surface area contributed by atoms with Crippen LogP contribution in [0.1, 0.15) is 46.7 Å². The van der Waals surface area contributed by atoms with Crippen LogP contribution in [0.4, 0.5) is 0 Å². The van der Waals surface area contributed by atoms with Gasteiger partial charge in [0.2, 0.25) is 5.66 Å². The predicted molar refractivity (Wildman–Crippen MR) is 143 cm³/mol. The zero-order chi connectivity index (χ0) is 28.2. The van der Waals surface area contributed by atoms with Crippen molar-refractivity contribution in [2.24, 2.45) is 16.5 Å². The maximum Gasteiger partial charge on any atom is 0.343 e. The van der Waals surface area contributed by atoms with Crippen molar-refractivity contribution in [1.29, 1.82) is 0 Å². The van der Waals surface area contributed by atoms with Crippen molar-refractivity contribution in [1.82, 2.24) is 31.0 Å². The first-order valence-corrected chi connectivity index (χ1v) is 13.2. The number of guanidine groups is 2. The summed E-state index contributed by atoms with van der Waals surface area (Å²) in [4.78, 5) is 35.6. The number of para-hydroxylation sites is 1. The van der Waals surface area contributed by atoms with Crippen molar-refractivity contribution in [3.8, 4) is 5.75 Å². The van der Waals surface area contributed by atoms with Crippen LogP contribution in [0, 0.1) is 0 Å². The summed E-state index contributed by atoms with van der Waals surface area (Å²) in [5.74, 6) is 0.157. The van der Waals surface area contributed by atoms with Gasteiger partial charge in [0.25, 0.3) is 11.8 Å². The van der Waals surface area contributed by atoms with E-state index in [1.807, 2.05) is 12.1 Å². The molecule has 2 amide bonds. The Morgan fingerprint density at radius 3 is 2.85 bits per heavy atom. The van der Waals surface area contributed by atoms with Gasteiger partial charge in [-0.1, -0.05) is 26.0 Å². The highest BCUT2D eigenvalue weighted by atomic mass is 16.5. The van der Waals surface area contributed by atoms with E-state index in [9.17, 15) is 14.7 Å². The van der Waals surface area contributed by atoms with Crippen molar-refractivity contribution in [2.45, 2.75) is 55.6 Å². The number of hydrogen-bond donors (Lipinski definition) is 7. The second-order valence-electron chi connectivity index (χ2n) is 11.2. The van der Waals surface area contributed by atoms with Crippen molar-refractivity contribution < 1.29 is 24.4 Å². The lowest BCUT2D eigenvalue weighted by Crippen LogP contribution is -2.88. The number of nitrogens with zero attached hydrogens (tertiary/aromatic N) is 4. The van der Waals surface area contributed by atoms with Crippen LogP contribution in [0.2, 0.25) is 0 Å². The van der Waals surface area contributed by atoms with E-state index in [1.54, 1.807) is 23.1 Å². The molecule has 5 heterocycles. The van der Waals surface area contributed by atoms with Gasteiger partial charge >= 0.3 is 5.96 Å². The van der Waals surface area contributed by atoms with Crippen LogP contribution in [0.3, 0.4) is 0 Å². The summed E-state index contributed by atoms with van der Waals surface area (Å²) in [7, 11) is 0. The lowest BCUT2D eigenvalue weighted by Gasteiger charge is -2.43. The highest BCUT2D eigenvalue weighted by molar-refractivity contribution is 5.98. The molecule has 0 radical (unpaired) electrons. The number of nitrogens with one attached hydrogen (secondary N) is 4. The van der Waals surface area contributed by atoms with Gasteiger partial charge in [0, 0.05) is 24.8 Å². The minimum Gasteiger partial charge on any atom is -0.492 e. The first-order chi connectivity index (χ1) is 19.1. The number of ether oxygens (including phenoxy) is 1. The van der Waals surface area contributed by atoms with Gasteiger partial charge in [-0.2, -0.15) is 5.10 Å². The first-order valence-electron chi connectivity index (χ1n) is 13.2. The number of fused-ring (bicyclic) bond motifs is 1. The molecule has 1 aromatic heterocycles. The fourth-order valence-corrected chi connectivity index (χ4v) is 6.19. The van der Waals surface area contributed by atoms with Crippen molar-refractivity contribution in [3.63, 3.8) is 0 Å². The molecular weight excluding hydrogens is 516 g/mol. The number of aliphatic hydroxyl groups excluding tert-OH is 1. The highest BCUT2D eigenvalue weighted by Crippen LogP contribution is 2.41. The standard InChI is InChI=1S/C26H32N10O4/c1-25(2)8-10-40-18-13(5-3-6-14(18)25)21(38)31-17-12-36-24(28)32-16(11-29-22(39)15-7-4-9-30-35-15)19-26(36,20(17)37)34-23(27)33-19/h3-7,9,16-17,19-20,37H,8,10-12H2,1-2H3,(H2,28,32)(H,29,39)(H,31,38)(H3,27,33,34)/p+1/t16-,17?,19-,20+,26?/m0/s1. The number of amides is 2. The fourth-order valence-electron chi connectivity index (χ4n) is 6.19. The van der Waals surface area contributed by atoms with Crippen LogP contribution in [0.15, 0.2) is 41.5 Å². The average molecular weight is 550 g/mol.